The van der Waals surface area contributed by atoms with Gasteiger partial charge in [-0.15, -0.1) is 0 Å². The van der Waals surface area contributed by atoms with Gasteiger partial charge in [0.2, 0.25) is 0 Å². The van der Waals surface area contributed by atoms with E-state index >= 15 is 0 Å². The lowest BCUT2D eigenvalue weighted by molar-refractivity contribution is 0.219. The van der Waals surface area contributed by atoms with Gasteiger partial charge >= 0.3 is 0 Å². The largest absolute Gasteiger partial charge is 0.397 e. The number of nitrogen functional groups attached to an aromatic ring is 1. The Morgan fingerprint density at radius 3 is 2.75 bits per heavy atom. The topological polar surface area (TPSA) is 42.2 Å². The lowest BCUT2D eigenvalue weighted by Gasteiger charge is -2.28. The first-order chi connectivity index (χ1) is 7.65. The summed E-state index contributed by atoms with van der Waals surface area (Å²) in [6.45, 7) is 4.40. The minimum atomic E-state index is 0.806. The van der Waals surface area contributed by atoms with Crippen LogP contribution in [0.25, 0.3) is 0 Å². The number of aryl methyl sites for hydroxylation is 1. The van der Waals surface area contributed by atoms with Gasteiger partial charge in [-0.3, -0.25) is 4.98 Å². The lowest BCUT2D eigenvalue weighted by atomic mass is 9.91. The van der Waals surface area contributed by atoms with E-state index in [0.717, 1.165) is 23.7 Å². The van der Waals surface area contributed by atoms with Crippen molar-refractivity contribution in [2.24, 2.45) is 5.92 Å². The van der Waals surface area contributed by atoms with Crippen molar-refractivity contribution >= 4 is 5.69 Å². The third-order valence-corrected chi connectivity index (χ3v) is 3.55. The molecule has 0 aromatic carbocycles. The number of rotatable bonds is 2. The van der Waals surface area contributed by atoms with Gasteiger partial charge in [0, 0.05) is 6.20 Å². The van der Waals surface area contributed by atoms with E-state index in [0.29, 0.717) is 0 Å². The van der Waals surface area contributed by atoms with E-state index < -0.39 is 0 Å². The summed E-state index contributed by atoms with van der Waals surface area (Å²) in [5, 5.41) is 0. The van der Waals surface area contributed by atoms with E-state index in [4.69, 9.17) is 5.73 Å². The molecule has 1 aliphatic rings. The first-order valence-electron chi connectivity index (χ1n) is 6.04. The fraction of sp³-hybridized carbons (Fsp3) is 0.615. The summed E-state index contributed by atoms with van der Waals surface area (Å²) in [4.78, 5) is 6.72. The maximum atomic E-state index is 5.88. The molecule has 16 heavy (non-hydrogen) atoms. The monoisotopic (exact) mass is 219 g/mol. The number of nitrogens with two attached hydrogens (primary N) is 1. The maximum absolute atomic E-state index is 5.88. The molecule has 1 aliphatic heterocycles. The molecule has 1 fully saturated rings. The molecule has 3 nitrogen and oxygen atoms in total. The van der Waals surface area contributed by atoms with Crippen molar-refractivity contribution < 1.29 is 0 Å². The Labute approximate surface area is 97.7 Å². The quantitative estimate of drug-likeness (QED) is 0.825. The van der Waals surface area contributed by atoms with Crippen molar-refractivity contribution in [3.8, 4) is 0 Å². The number of anilines is 1. The number of likely N-dealkylation sites (tertiary alicyclic amines) is 1. The molecule has 0 unspecified atom stereocenters. The Hall–Kier alpha value is -1.09. The zero-order valence-corrected chi connectivity index (χ0v) is 10.2. The second-order valence-electron chi connectivity index (χ2n) is 4.97. The molecule has 0 spiro atoms. The van der Waals surface area contributed by atoms with Crippen molar-refractivity contribution in [1.29, 1.82) is 0 Å². The minimum Gasteiger partial charge on any atom is -0.397 e. The molecular formula is C13H21N3. The molecule has 0 atom stereocenters. The van der Waals surface area contributed by atoms with Crippen LogP contribution in [0.4, 0.5) is 5.69 Å². The van der Waals surface area contributed by atoms with Crippen LogP contribution in [-0.4, -0.2) is 30.0 Å². The summed E-state index contributed by atoms with van der Waals surface area (Å²) in [6.07, 6.45) is 5.70. The number of nitrogens with zero attached hydrogens (tertiary/aromatic N) is 2. The number of piperidine rings is 1. The zero-order chi connectivity index (χ0) is 11.5. The van der Waals surface area contributed by atoms with Crippen molar-refractivity contribution in [3.63, 3.8) is 0 Å². The van der Waals surface area contributed by atoms with Crippen LogP contribution >= 0.6 is 0 Å². The Kier molecular flexibility index (Phi) is 3.44. The standard InChI is InChI=1S/C13H21N3/c1-10-13(14)8-12(9-15-10)7-11-3-5-16(2)6-4-11/h8-9,11H,3-7,14H2,1-2H3. The Morgan fingerprint density at radius 1 is 1.44 bits per heavy atom. The molecule has 0 amide bonds. The van der Waals surface area contributed by atoms with Crippen LogP contribution in [0.5, 0.6) is 0 Å². The van der Waals surface area contributed by atoms with E-state index in [1.165, 1.54) is 31.5 Å². The minimum absolute atomic E-state index is 0.806. The molecule has 2 N–H and O–H groups in total. The SMILES string of the molecule is Cc1ncc(CC2CCN(C)CC2)cc1N. The van der Waals surface area contributed by atoms with Crippen molar-refractivity contribution in [3.05, 3.63) is 23.5 Å². The summed E-state index contributed by atoms with van der Waals surface area (Å²) in [5.41, 5.74) is 8.93. The highest BCUT2D eigenvalue weighted by Gasteiger charge is 2.17. The van der Waals surface area contributed by atoms with E-state index in [-0.39, 0.29) is 0 Å². The van der Waals surface area contributed by atoms with E-state index in [1.54, 1.807) is 0 Å². The summed E-state index contributed by atoms with van der Waals surface area (Å²) in [5.74, 6) is 0.806. The van der Waals surface area contributed by atoms with Crippen LogP contribution in [-0.2, 0) is 6.42 Å². The molecule has 1 aromatic heterocycles. The third kappa shape index (κ3) is 2.73. The van der Waals surface area contributed by atoms with E-state index in [2.05, 4.69) is 23.0 Å². The van der Waals surface area contributed by atoms with Gasteiger partial charge < -0.3 is 10.6 Å². The molecule has 2 rings (SSSR count). The normalized spacial score (nSPS) is 18.9. The summed E-state index contributed by atoms with van der Waals surface area (Å²) >= 11 is 0. The zero-order valence-electron chi connectivity index (χ0n) is 10.2. The smallest absolute Gasteiger partial charge is 0.0601 e. The predicted molar refractivity (Wildman–Crippen MR) is 67.3 cm³/mol. The maximum Gasteiger partial charge on any atom is 0.0601 e. The van der Waals surface area contributed by atoms with Gasteiger partial charge in [-0.1, -0.05) is 0 Å². The van der Waals surface area contributed by atoms with Crippen molar-refractivity contribution in [2.45, 2.75) is 26.2 Å². The number of hydrogen-bond donors (Lipinski definition) is 1. The van der Waals surface area contributed by atoms with Gasteiger partial charge in [0.15, 0.2) is 0 Å². The Balaban J connectivity index is 1.96. The van der Waals surface area contributed by atoms with Crippen molar-refractivity contribution in [2.75, 3.05) is 25.9 Å². The molecule has 2 heterocycles. The van der Waals surface area contributed by atoms with Crippen LogP contribution in [0.1, 0.15) is 24.1 Å². The summed E-state index contributed by atoms with van der Waals surface area (Å²) in [6, 6.07) is 2.08. The van der Waals surface area contributed by atoms with Gasteiger partial charge in [0.25, 0.3) is 0 Å². The molecule has 0 saturated carbocycles. The number of hydrogen-bond acceptors (Lipinski definition) is 3. The highest BCUT2D eigenvalue weighted by Crippen LogP contribution is 2.21. The molecule has 1 aromatic rings. The van der Waals surface area contributed by atoms with Gasteiger partial charge in [0.05, 0.1) is 11.4 Å². The van der Waals surface area contributed by atoms with Crippen molar-refractivity contribution in [1.82, 2.24) is 9.88 Å². The van der Waals surface area contributed by atoms with E-state index in [9.17, 15) is 0 Å². The molecular weight excluding hydrogens is 198 g/mol. The molecule has 3 heteroatoms. The summed E-state index contributed by atoms with van der Waals surface area (Å²) in [7, 11) is 2.20. The average Bonchev–Trinajstić information content (AvgIpc) is 2.27. The average molecular weight is 219 g/mol. The van der Waals surface area contributed by atoms with Crippen LogP contribution < -0.4 is 5.73 Å². The molecule has 0 aliphatic carbocycles. The first kappa shape index (κ1) is 11.4. The van der Waals surface area contributed by atoms with Crippen LogP contribution in [0.2, 0.25) is 0 Å². The van der Waals surface area contributed by atoms with Crippen LogP contribution in [0.15, 0.2) is 12.3 Å². The second kappa shape index (κ2) is 4.83. The molecule has 88 valence electrons. The van der Waals surface area contributed by atoms with Gasteiger partial charge in [-0.25, -0.2) is 0 Å². The van der Waals surface area contributed by atoms with Gasteiger partial charge in [0.1, 0.15) is 0 Å². The Bertz CT molecular complexity index is 354. The number of aromatic nitrogens is 1. The number of pyridine rings is 1. The first-order valence-corrected chi connectivity index (χ1v) is 6.04. The van der Waals surface area contributed by atoms with E-state index in [1.807, 2.05) is 13.1 Å². The molecule has 0 bridgehead atoms. The third-order valence-electron chi connectivity index (χ3n) is 3.55. The van der Waals surface area contributed by atoms with Crippen LogP contribution in [0.3, 0.4) is 0 Å². The van der Waals surface area contributed by atoms with Crippen LogP contribution in [0, 0.1) is 12.8 Å². The highest BCUT2D eigenvalue weighted by molar-refractivity contribution is 5.44. The summed E-state index contributed by atoms with van der Waals surface area (Å²) < 4.78 is 0. The van der Waals surface area contributed by atoms with Gasteiger partial charge in [-0.05, 0) is 63.9 Å². The molecule has 0 radical (unpaired) electrons. The fourth-order valence-electron chi connectivity index (χ4n) is 2.31. The molecule has 1 saturated heterocycles. The second-order valence-corrected chi connectivity index (χ2v) is 4.97. The van der Waals surface area contributed by atoms with Gasteiger partial charge in [-0.2, -0.15) is 0 Å². The lowest BCUT2D eigenvalue weighted by Crippen LogP contribution is -2.30. The fourth-order valence-corrected chi connectivity index (χ4v) is 2.31. The Morgan fingerprint density at radius 2 is 2.12 bits per heavy atom. The predicted octanol–water partition coefficient (Wildman–Crippen LogP) is 1.86. The highest BCUT2D eigenvalue weighted by atomic mass is 15.1.